The third-order valence-corrected chi connectivity index (χ3v) is 3.12. The lowest BCUT2D eigenvalue weighted by molar-refractivity contribution is 0.199. The second kappa shape index (κ2) is 6.38. The minimum absolute atomic E-state index is 0. The molecule has 17 heavy (non-hydrogen) atoms. The molecule has 0 radical (unpaired) electrons. The van der Waals surface area contributed by atoms with Gasteiger partial charge in [-0.3, -0.25) is 9.58 Å². The Balaban J connectivity index is 0.00000144. The zero-order valence-corrected chi connectivity index (χ0v) is 11.5. The van der Waals surface area contributed by atoms with E-state index in [0.29, 0.717) is 12.1 Å². The molecule has 1 aliphatic heterocycles. The molecule has 1 aromatic rings. The highest BCUT2D eigenvalue weighted by atomic mass is 35.5. The number of hydrogen-bond donors (Lipinski definition) is 1. The first-order chi connectivity index (χ1) is 7.65. The van der Waals surface area contributed by atoms with Gasteiger partial charge < -0.3 is 5.73 Å². The van der Waals surface area contributed by atoms with Crippen LogP contribution in [-0.4, -0.2) is 33.8 Å². The summed E-state index contributed by atoms with van der Waals surface area (Å²) in [5.41, 5.74) is 7.12. The smallest absolute Gasteiger partial charge is 0.0764 e. The van der Waals surface area contributed by atoms with Crippen molar-refractivity contribution >= 4 is 12.4 Å². The average Bonchev–Trinajstić information content (AvgIpc) is 2.66. The third-order valence-electron chi connectivity index (χ3n) is 3.12. The topological polar surface area (TPSA) is 47.1 Å². The van der Waals surface area contributed by atoms with Crippen LogP contribution in [0.2, 0.25) is 0 Å². The summed E-state index contributed by atoms with van der Waals surface area (Å²) in [5.74, 6) is 0. The zero-order chi connectivity index (χ0) is 11.5. The normalized spacial score (nSPS) is 21.5. The van der Waals surface area contributed by atoms with Crippen LogP contribution in [0.25, 0.3) is 0 Å². The maximum atomic E-state index is 5.96. The quantitative estimate of drug-likeness (QED) is 0.900. The summed E-state index contributed by atoms with van der Waals surface area (Å²) in [4.78, 5) is 2.40. The molecular weight excluding hydrogens is 236 g/mol. The number of halogens is 1. The molecule has 1 unspecified atom stereocenters. The molecule has 1 aliphatic rings. The summed E-state index contributed by atoms with van der Waals surface area (Å²) >= 11 is 0. The Morgan fingerprint density at radius 3 is 2.88 bits per heavy atom. The van der Waals surface area contributed by atoms with E-state index < -0.39 is 0 Å². The van der Waals surface area contributed by atoms with Crippen molar-refractivity contribution in [1.82, 2.24) is 14.7 Å². The molecule has 0 saturated carbocycles. The number of likely N-dealkylation sites (tertiary alicyclic amines) is 1. The largest absolute Gasteiger partial charge is 0.327 e. The van der Waals surface area contributed by atoms with Crippen LogP contribution in [0.15, 0.2) is 12.3 Å². The Labute approximate surface area is 110 Å². The molecular formula is C12H23ClN4. The van der Waals surface area contributed by atoms with Crippen LogP contribution in [0.4, 0.5) is 0 Å². The lowest BCUT2D eigenvalue weighted by atomic mass is 10.1. The second-order valence-electron chi connectivity index (χ2n) is 5.02. The van der Waals surface area contributed by atoms with Crippen molar-refractivity contribution in [2.24, 2.45) is 5.73 Å². The van der Waals surface area contributed by atoms with Crippen molar-refractivity contribution in [3.63, 3.8) is 0 Å². The van der Waals surface area contributed by atoms with Crippen LogP contribution in [0, 0.1) is 0 Å². The Hall–Kier alpha value is -0.580. The Morgan fingerprint density at radius 2 is 2.29 bits per heavy atom. The van der Waals surface area contributed by atoms with E-state index in [-0.39, 0.29) is 12.4 Å². The predicted molar refractivity (Wildman–Crippen MR) is 72.3 cm³/mol. The molecule has 0 aliphatic carbocycles. The van der Waals surface area contributed by atoms with Gasteiger partial charge in [-0.2, -0.15) is 5.10 Å². The first kappa shape index (κ1) is 14.5. The number of nitrogens with zero attached hydrogens (tertiary/aromatic N) is 3. The summed E-state index contributed by atoms with van der Waals surface area (Å²) in [6, 6.07) is 2.90. The molecule has 4 nitrogen and oxygen atoms in total. The van der Waals surface area contributed by atoms with Crippen molar-refractivity contribution in [2.75, 3.05) is 13.1 Å². The monoisotopic (exact) mass is 258 g/mol. The highest BCUT2D eigenvalue weighted by molar-refractivity contribution is 5.85. The first-order valence-electron chi connectivity index (χ1n) is 6.17. The fraction of sp³-hybridized carbons (Fsp3) is 0.750. The van der Waals surface area contributed by atoms with E-state index in [0.717, 1.165) is 31.7 Å². The van der Waals surface area contributed by atoms with Crippen molar-refractivity contribution in [3.8, 4) is 0 Å². The molecule has 0 aromatic carbocycles. The van der Waals surface area contributed by atoms with E-state index in [9.17, 15) is 0 Å². The standard InChI is InChI=1S/C12H22N4.ClH/c1-10(2)16-7-5-12(14-16)9-15-6-3-4-11(13)8-15;/h5,7,10-11H,3-4,6,8-9,13H2,1-2H3;1H. The molecule has 2 rings (SSSR count). The molecule has 0 amide bonds. The van der Waals surface area contributed by atoms with Gasteiger partial charge in [0.25, 0.3) is 0 Å². The summed E-state index contributed by atoms with van der Waals surface area (Å²) in [5, 5.41) is 4.56. The highest BCUT2D eigenvalue weighted by Gasteiger charge is 2.17. The van der Waals surface area contributed by atoms with E-state index in [1.165, 1.54) is 6.42 Å². The van der Waals surface area contributed by atoms with Crippen LogP contribution in [0.1, 0.15) is 38.4 Å². The van der Waals surface area contributed by atoms with Crippen LogP contribution >= 0.6 is 12.4 Å². The predicted octanol–water partition coefficient (Wildman–Crippen LogP) is 1.81. The van der Waals surface area contributed by atoms with Gasteiger partial charge in [-0.1, -0.05) is 0 Å². The number of hydrogen-bond acceptors (Lipinski definition) is 3. The number of nitrogens with two attached hydrogens (primary N) is 1. The number of rotatable bonds is 3. The molecule has 1 aromatic heterocycles. The van der Waals surface area contributed by atoms with E-state index in [2.05, 4.69) is 36.1 Å². The van der Waals surface area contributed by atoms with Crippen LogP contribution < -0.4 is 5.73 Å². The van der Waals surface area contributed by atoms with E-state index in [4.69, 9.17) is 5.73 Å². The van der Waals surface area contributed by atoms with Gasteiger partial charge in [0.1, 0.15) is 0 Å². The van der Waals surface area contributed by atoms with Crippen molar-refractivity contribution in [1.29, 1.82) is 0 Å². The molecule has 0 bridgehead atoms. The molecule has 1 saturated heterocycles. The first-order valence-corrected chi connectivity index (χ1v) is 6.17. The van der Waals surface area contributed by atoms with Gasteiger partial charge in [0.05, 0.1) is 5.69 Å². The van der Waals surface area contributed by atoms with Crippen LogP contribution in [0.5, 0.6) is 0 Å². The van der Waals surface area contributed by atoms with Gasteiger partial charge in [0.2, 0.25) is 0 Å². The highest BCUT2D eigenvalue weighted by Crippen LogP contribution is 2.12. The van der Waals surface area contributed by atoms with Gasteiger partial charge in [0.15, 0.2) is 0 Å². The summed E-state index contributed by atoms with van der Waals surface area (Å²) in [6.45, 7) is 7.39. The molecule has 0 spiro atoms. The molecule has 5 heteroatoms. The molecule has 1 atom stereocenters. The van der Waals surface area contributed by atoms with Crippen molar-refractivity contribution in [3.05, 3.63) is 18.0 Å². The summed E-state index contributed by atoms with van der Waals surface area (Å²) < 4.78 is 2.01. The van der Waals surface area contributed by atoms with Gasteiger partial charge in [-0.05, 0) is 39.3 Å². The Bertz CT molecular complexity index is 337. The van der Waals surface area contributed by atoms with Gasteiger partial charge in [0, 0.05) is 31.4 Å². The molecule has 2 heterocycles. The second-order valence-corrected chi connectivity index (χ2v) is 5.02. The van der Waals surface area contributed by atoms with Gasteiger partial charge in [-0.25, -0.2) is 0 Å². The van der Waals surface area contributed by atoms with Crippen LogP contribution in [0.3, 0.4) is 0 Å². The lowest BCUT2D eigenvalue weighted by Crippen LogP contribution is -2.42. The number of piperidine rings is 1. The van der Waals surface area contributed by atoms with Crippen molar-refractivity contribution < 1.29 is 0 Å². The lowest BCUT2D eigenvalue weighted by Gasteiger charge is -2.29. The summed E-state index contributed by atoms with van der Waals surface area (Å²) in [6.07, 6.45) is 4.44. The maximum absolute atomic E-state index is 5.96. The molecule has 98 valence electrons. The Morgan fingerprint density at radius 1 is 1.53 bits per heavy atom. The van der Waals surface area contributed by atoms with Crippen molar-refractivity contribution in [2.45, 2.75) is 45.3 Å². The molecule has 2 N–H and O–H groups in total. The van der Waals surface area contributed by atoms with E-state index >= 15 is 0 Å². The van der Waals surface area contributed by atoms with Gasteiger partial charge >= 0.3 is 0 Å². The van der Waals surface area contributed by atoms with Gasteiger partial charge in [-0.15, -0.1) is 12.4 Å². The average molecular weight is 259 g/mol. The Kier molecular flexibility index (Phi) is 5.43. The summed E-state index contributed by atoms with van der Waals surface area (Å²) in [7, 11) is 0. The minimum Gasteiger partial charge on any atom is -0.327 e. The molecule has 1 fully saturated rings. The van der Waals surface area contributed by atoms with E-state index in [1.807, 2.05) is 4.68 Å². The van der Waals surface area contributed by atoms with Crippen LogP contribution in [-0.2, 0) is 6.54 Å². The third kappa shape index (κ3) is 3.98. The fourth-order valence-corrected chi connectivity index (χ4v) is 2.21. The SMILES string of the molecule is CC(C)n1ccc(CN2CCCC(N)C2)n1.Cl. The minimum atomic E-state index is 0. The van der Waals surface area contributed by atoms with E-state index in [1.54, 1.807) is 0 Å². The number of aromatic nitrogens is 2. The maximum Gasteiger partial charge on any atom is 0.0764 e. The zero-order valence-electron chi connectivity index (χ0n) is 10.7. The fourth-order valence-electron chi connectivity index (χ4n) is 2.21.